The molecule has 0 saturated heterocycles. The molecule has 0 radical (unpaired) electrons. The summed E-state index contributed by atoms with van der Waals surface area (Å²) in [4.78, 5) is 0. The molecule has 2 nitrogen and oxygen atoms in total. The molecule has 0 aromatic rings. The second-order valence-electron chi connectivity index (χ2n) is 4.47. The lowest BCUT2D eigenvalue weighted by Gasteiger charge is -2.26. The van der Waals surface area contributed by atoms with Crippen LogP contribution in [0, 0.1) is 0 Å². The molecule has 0 spiro atoms. The van der Waals surface area contributed by atoms with E-state index in [0.717, 1.165) is 6.42 Å². The molecule has 0 amide bonds. The highest BCUT2D eigenvalue weighted by Crippen LogP contribution is 2.13. The van der Waals surface area contributed by atoms with E-state index in [-0.39, 0.29) is 5.60 Å². The molecule has 0 aliphatic carbocycles. The Hall–Kier alpha value is -0.0800. The van der Waals surface area contributed by atoms with Gasteiger partial charge in [-0.1, -0.05) is 0 Å². The summed E-state index contributed by atoms with van der Waals surface area (Å²) < 4.78 is 5.77. The third-order valence-electron chi connectivity index (χ3n) is 1.73. The van der Waals surface area contributed by atoms with Crippen LogP contribution in [-0.4, -0.2) is 24.8 Å². The van der Waals surface area contributed by atoms with E-state index in [1.165, 1.54) is 0 Å². The van der Waals surface area contributed by atoms with Crippen LogP contribution < -0.4 is 5.32 Å². The second kappa shape index (κ2) is 4.83. The summed E-state index contributed by atoms with van der Waals surface area (Å²) in [6, 6.07) is 0.530. The fraction of sp³-hybridized carbons (Fsp3) is 1.00. The Morgan fingerprint density at radius 2 is 1.75 bits per heavy atom. The van der Waals surface area contributed by atoms with Crippen LogP contribution in [0.25, 0.3) is 0 Å². The zero-order chi connectivity index (χ0) is 9.78. The molecule has 0 aromatic heterocycles. The molecule has 0 bridgehead atoms. The Labute approximate surface area is 76.7 Å². The average molecular weight is 173 g/mol. The van der Waals surface area contributed by atoms with Crippen molar-refractivity contribution in [1.29, 1.82) is 0 Å². The molecule has 0 aliphatic rings. The molecule has 2 unspecified atom stereocenters. The Kier molecular flexibility index (Phi) is 4.80. The molecule has 0 heterocycles. The topological polar surface area (TPSA) is 21.3 Å². The maximum atomic E-state index is 5.77. The van der Waals surface area contributed by atoms with Gasteiger partial charge in [0.25, 0.3) is 0 Å². The zero-order valence-corrected chi connectivity index (χ0v) is 9.27. The van der Waals surface area contributed by atoms with Crippen LogP contribution in [-0.2, 0) is 4.74 Å². The minimum atomic E-state index is -0.0210. The summed E-state index contributed by atoms with van der Waals surface area (Å²) >= 11 is 0. The van der Waals surface area contributed by atoms with Gasteiger partial charge in [-0.2, -0.15) is 0 Å². The lowest BCUT2D eigenvalue weighted by molar-refractivity contribution is -0.0567. The SMILES string of the molecule is CNC(C)CC(C)OC(C)(C)C. The first-order valence-electron chi connectivity index (χ1n) is 4.70. The van der Waals surface area contributed by atoms with Crippen molar-refractivity contribution >= 4 is 0 Å². The third-order valence-corrected chi connectivity index (χ3v) is 1.73. The van der Waals surface area contributed by atoms with E-state index in [0.29, 0.717) is 12.1 Å². The maximum absolute atomic E-state index is 5.77. The van der Waals surface area contributed by atoms with Crippen LogP contribution in [0.4, 0.5) is 0 Å². The van der Waals surface area contributed by atoms with Crippen molar-refractivity contribution in [1.82, 2.24) is 5.32 Å². The Bertz CT molecular complexity index is 117. The van der Waals surface area contributed by atoms with E-state index < -0.39 is 0 Å². The summed E-state index contributed by atoms with van der Waals surface area (Å²) in [5.41, 5.74) is -0.0210. The molecule has 74 valence electrons. The van der Waals surface area contributed by atoms with Gasteiger partial charge in [-0.05, 0) is 48.1 Å². The largest absolute Gasteiger partial charge is 0.373 e. The third kappa shape index (κ3) is 6.62. The Morgan fingerprint density at radius 1 is 1.25 bits per heavy atom. The first-order valence-corrected chi connectivity index (χ1v) is 4.70. The highest BCUT2D eigenvalue weighted by Gasteiger charge is 2.16. The summed E-state index contributed by atoms with van der Waals surface area (Å²) in [6.07, 6.45) is 1.39. The van der Waals surface area contributed by atoms with Gasteiger partial charge in [-0.3, -0.25) is 0 Å². The predicted molar refractivity (Wildman–Crippen MR) is 53.4 cm³/mol. The van der Waals surface area contributed by atoms with Crippen molar-refractivity contribution in [3.8, 4) is 0 Å². The van der Waals surface area contributed by atoms with E-state index in [9.17, 15) is 0 Å². The van der Waals surface area contributed by atoms with Crippen molar-refractivity contribution in [2.24, 2.45) is 0 Å². The second-order valence-corrected chi connectivity index (χ2v) is 4.47. The monoisotopic (exact) mass is 173 g/mol. The van der Waals surface area contributed by atoms with Crippen LogP contribution in [0.5, 0.6) is 0 Å². The van der Waals surface area contributed by atoms with Gasteiger partial charge < -0.3 is 10.1 Å². The number of rotatable bonds is 4. The number of hydrogen-bond donors (Lipinski definition) is 1. The summed E-state index contributed by atoms with van der Waals surface area (Å²) in [6.45, 7) is 10.6. The van der Waals surface area contributed by atoms with Gasteiger partial charge in [0, 0.05) is 6.04 Å². The first-order chi connectivity index (χ1) is 5.35. The molecular formula is C10H23NO. The van der Waals surface area contributed by atoms with Crippen molar-refractivity contribution < 1.29 is 4.74 Å². The minimum Gasteiger partial charge on any atom is -0.373 e. The van der Waals surface area contributed by atoms with Gasteiger partial charge in [-0.25, -0.2) is 0 Å². The van der Waals surface area contributed by atoms with Crippen LogP contribution >= 0.6 is 0 Å². The van der Waals surface area contributed by atoms with Gasteiger partial charge in [-0.15, -0.1) is 0 Å². The molecule has 0 aliphatic heterocycles. The summed E-state index contributed by atoms with van der Waals surface area (Å²) in [5, 5.41) is 3.20. The van der Waals surface area contributed by atoms with Crippen molar-refractivity contribution in [3.63, 3.8) is 0 Å². The Morgan fingerprint density at radius 3 is 2.08 bits per heavy atom. The quantitative estimate of drug-likeness (QED) is 0.703. The van der Waals surface area contributed by atoms with Crippen molar-refractivity contribution in [3.05, 3.63) is 0 Å². The molecular weight excluding hydrogens is 150 g/mol. The standard InChI is InChI=1S/C10H23NO/c1-8(11-6)7-9(2)12-10(3,4)5/h8-9,11H,7H2,1-6H3. The van der Waals surface area contributed by atoms with Crippen LogP contribution in [0.3, 0.4) is 0 Å². The van der Waals surface area contributed by atoms with E-state index in [1.807, 2.05) is 7.05 Å². The van der Waals surface area contributed by atoms with Crippen LogP contribution in [0.1, 0.15) is 41.0 Å². The average Bonchev–Trinajstić information content (AvgIpc) is 1.82. The van der Waals surface area contributed by atoms with Gasteiger partial charge >= 0.3 is 0 Å². The molecule has 0 saturated carbocycles. The van der Waals surface area contributed by atoms with E-state index in [2.05, 4.69) is 39.9 Å². The molecule has 1 N–H and O–H groups in total. The van der Waals surface area contributed by atoms with Gasteiger partial charge in [0.1, 0.15) is 0 Å². The summed E-state index contributed by atoms with van der Waals surface area (Å²) in [7, 11) is 1.98. The first kappa shape index (κ1) is 11.9. The molecule has 2 atom stereocenters. The maximum Gasteiger partial charge on any atom is 0.0602 e. The molecule has 0 fully saturated rings. The van der Waals surface area contributed by atoms with Gasteiger partial charge in [0.2, 0.25) is 0 Å². The molecule has 0 aromatic carbocycles. The number of hydrogen-bond acceptors (Lipinski definition) is 2. The fourth-order valence-corrected chi connectivity index (χ4v) is 1.27. The Balaban J connectivity index is 3.66. The number of ether oxygens (including phenoxy) is 1. The van der Waals surface area contributed by atoms with Crippen molar-refractivity contribution in [2.45, 2.75) is 58.8 Å². The van der Waals surface area contributed by atoms with Gasteiger partial charge in [0.15, 0.2) is 0 Å². The van der Waals surface area contributed by atoms with Crippen LogP contribution in [0.15, 0.2) is 0 Å². The van der Waals surface area contributed by atoms with E-state index in [1.54, 1.807) is 0 Å². The normalized spacial score (nSPS) is 17.5. The fourth-order valence-electron chi connectivity index (χ4n) is 1.27. The van der Waals surface area contributed by atoms with Gasteiger partial charge in [0.05, 0.1) is 11.7 Å². The van der Waals surface area contributed by atoms with Crippen LogP contribution in [0.2, 0.25) is 0 Å². The predicted octanol–water partition coefficient (Wildman–Crippen LogP) is 2.19. The highest BCUT2D eigenvalue weighted by atomic mass is 16.5. The van der Waals surface area contributed by atoms with E-state index in [4.69, 9.17) is 4.74 Å². The smallest absolute Gasteiger partial charge is 0.0602 e. The minimum absolute atomic E-state index is 0.0210. The summed E-state index contributed by atoms with van der Waals surface area (Å²) in [5.74, 6) is 0. The highest BCUT2D eigenvalue weighted by molar-refractivity contribution is 4.67. The number of nitrogens with one attached hydrogen (secondary N) is 1. The van der Waals surface area contributed by atoms with E-state index >= 15 is 0 Å². The lowest BCUT2D eigenvalue weighted by atomic mass is 10.1. The zero-order valence-electron chi connectivity index (χ0n) is 9.27. The lowest BCUT2D eigenvalue weighted by Crippen LogP contribution is -2.31. The van der Waals surface area contributed by atoms with Crippen molar-refractivity contribution in [2.75, 3.05) is 7.05 Å². The molecule has 0 rings (SSSR count). The molecule has 12 heavy (non-hydrogen) atoms. The molecule has 2 heteroatoms.